The predicted molar refractivity (Wildman–Crippen MR) is 204 cm³/mol. The minimum atomic E-state index is -2.37. The molecule has 15 heteroatoms. The highest BCUT2D eigenvalue weighted by Crippen LogP contribution is 2.64. The molecule has 5 N–H and O–H groups in total. The molecule has 3 fully saturated rings. The number of hydrogen-bond donors (Lipinski definition) is 5. The molecular formula is C43H53NO14. The van der Waals surface area contributed by atoms with Gasteiger partial charge in [-0.3, -0.25) is 9.59 Å². The third-order valence-corrected chi connectivity index (χ3v) is 12.6. The molecule has 2 aromatic rings. The largest absolute Gasteiger partial charge is 0.456 e. The molecule has 15 nitrogen and oxygen atoms in total. The van der Waals surface area contributed by atoms with Crippen LogP contribution in [0.15, 0.2) is 71.8 Å². The quantitative estimate of drug-likeness (QED) is 0.191. The van der Waals surface area contributed by atoms with E-state index >= 15 is 0 Å². The summed E-state index contributed by atoms with van der Waals surface area (Å²) in [7, 11) is 0. The van der Waals surface area contributed by atoms with Crippen molar-refractivity contribution >= 4 is 29.8 Å². The van der Waals surface area contributed by atoms with Crippen molar-refractivity contribution in [1.82, 2.24) is 5.32 Å². The second kappa shape index (κ2) is 15.2. The second-order valence-corrected chi connectivity index (χ2v) is 17.6. The molecule has 6 rings (SSSR count). The minimum absolute atomic E-state index is 0.0851. The molecule has 58 heavy (non-hydrogen) atoms. The minimum Gasteiger partial charge on any atom is -0.456 e. The van der Waals surface area contributed by atoms with Gasteiger partial charge in [-0.25, -0.2) is 14.4 Å². The van der Waals surface area contributed by atoms with Crippen LogP contribution in [0.4, 0.5) is 4.79 Å². The number of ether oxygens (including phenoxy) is 5. The smallest absolute Gasteiger partial charge is 0.408 e. The van der Waals surface area contributed by atoms with Gasteiger partial charge < -0.3 is 49.4 Å². The van der Waals surface area contributed by atoms with Gasteiger partial charge in [0.2, 0.25) is 0 Å². The average Bonchev–Trinajstić information content (AvgIpc) is 3.14. The first-order valence-corrected chi connectivity index (χ1v) is 19.3. The van der Waals surface area contributed by atoms with E-state index in [1.807, 2.05) is 0 Å². The molecule has 2 saturated carbocycles. The maximum atomic E-state index is 14.8. The Morgan fingerprint density at radius 1 is 0.948 bits per heavy atom. The number of Topliss-reactive ketones (excluding diaryl/α,β-unsaturated/α-hetero) is 1. The lowest BCUT2D eigenvalue weighted by Crippen LogP contribution is -2.82. The summed E-state index contributed by atoms with van der Waals surface area (Å²) in [5.74, 6) is -5.32. The normalized spacial score (nSPS) is 33.7. The van der Waals surface area contributed by atoms with Crippen LogP contribution in [0.1, 0.15) is 90.2 Å². The first kappa shape index (κ1) is 42.9. The Bertz CT molecular complexity index is 1980. The van der Waals surface area contributed by atoms with Crippen molar-refractivity contribution in [3.63, 3.8) is 0 Å². The SMILES string of the molecule is CC(=O)O[C@@]12COC1C[C@H](O)[C@@]1(C)C(O)C(=O)C3=C(C)[C@@H](OC(=O)[C@H](O)[C@@H](NC(=O)OC(C)(C)C)c4ccccc4)C[C@@](O)([C@@H](OC(=O)c4ccccc4)[C@@H]12)C3(C)C. The lowest BCUT2D eigenvalue weighted by Gasteiger charge is -2.68. The van der Waals surface area contributed by atoms with Crippen molar-refractivity contribution in [3.05, 3.63) is 82.9 Å². The number of carbonyl (C=O) groups is 5. The maximum absolute atomic E-state index is 14.8. The number of ketones is 1. The molecule has 0 aromatic heterocycles. The Kier molecular flexibility index (Phi) is 11.2. The Labute approximate surface area is 336 Å². The summed E-state index contributed by atoms with van der Waals surface area (Å²) in [6, 6.07) is 14.6. The summed E-state index contributed by atoms with van der Waals surface area (Å²) in [5, 5.41) is 51.7. The highest BCUT2D eigenvalue weighted by atomic mass is 16.6. The molecule has 11 atom stereocenters. The molecule has 2 unspecified atom stereocenters. The fourth-order valence-corrected chi connectivity index (χ4v) is 9.54. The van der Waals surface area contributed by atoms with Crippen molar-refractivity contribution in [1.29, 1.82) is 0 Å². The molecule has 0 radical (unpaired) electrons. The molecule has 1 heterocycles. The topological polar surface area (TPSA) is 224 Å². The van der Waals surface area contributed by atoms with Crippen molar-refractivity contribution in [2.45, 2.75) is 128 Å². The fourth-order valence-electron chi connectivity index (χ4n) is 9.54. The van der Waals surface area contributed by atoms with Gasteiger partial charge >= 0.3 is 24.0 Å². The van der Waals surface area contributed by atoms with Gasteiger partial charge in [0.1, 0.15) is 35.6 Å². The summed E-state index contributed by atoms with van der Waals surface area (Å²) in [5.41, 5.74) is -8.21. The van der Waals surface area contributed by atoms with E-state index in [2.05, 4.69) is 5.32 Å². The lowest BCUT2D eigenvalue weighted by molar-refractivity contribution is -0.357. The van der Waals surface area contributed by atoms with Crippen molar-refractivity contribution in [3.8, 4) is 0 Å². The Morgan fingerprint density at radius 3 is 2.10 bits per heavy atom. The second-order valence-electron chi connectivity index (χ2n) is 17.6. The number of aliphatic hydroxyl groups is 4. The van der Waals surface area contributed by atoms with Crippen LogP contribution in [-0.4, -0.2) is 110 Å². The van der Waals surface area contributed by atoms with Crippen LogP contribution in [-0.2, 0) is 38.1 Å². The van der Waals surface area contributed by atoms with E-state index in [4.69, 9.17) is 23.7 Å². The first-order valence-electron chi connectivity index (χ1n) is 19.3. The number of carbonyl (C=O) groups excluding carboxylic acids is 5. The zero-order valence-electron chi connectivity index (χ0n) is 33.9. The van der Waals surface area contributed by atoms with E-state index in [0.717, 1.165) is 6.92 Å². The summed E-state index contributed by atoms with van der Waals surface area (Å²) in [6.07, 6.45) is -11.4. The molecule has 2 aromatic carbocycles. The molecule has 314 valence electrons. The van der Waals surface area contributed by atoms with Crippen molar-refractivity contribution in [2.75, 3.05) is 6.61 Å². The Balaban J connectivity index is 1.49. The van der Waals surface area contributed by atoms with Gasteiger partial charge in [-0.2, -0.15) is 0 Å². The number of fused-ring (bicyclic) bond motifs is 5. The van der Waals surface area contributed by atoms with E-state index < -0.39 is 112 Å². The molecule has 0 spiro atoms. The van der Waals surface area contributed by atoms with E-state index in [1.54, 1.807) is 69.3 Å². The van der Waals surface area contributed by atoms with Gasteiger partial charge in [0.15, 0.2) is 17.5 Å². The average molecular weight is 808 g/mol. The summed E-state index contributed by atoms with van der Waals surface area (Å²) in [4.78, 5) is 68.8. The number of alkyl carbamates (subject to hydrolysis) is 1. The molecule has 2 bridgehead atoms. The molecule has 1 aliphatic heterocycles. The number of hydrogen-bond acceptors (Lipinski definition) is 14. The molecular weight excluding hydrogens is 754 g/mol. The zero-order valence-corrected chi connectivity index (χ0v) is 33.9. The highest BCUT2D eigenvalue weighted by molar-refractivity contribution is 6.02. The lowest BCUT2D eigenvalue weighted by atomic mass is 9.44. The summed E-state index contributed by atoms with van der Waals surface area (Å²) < 4.78 is 29.5. The van der Waals surface area contributed by atoms with Crippen LogP contribution in [0, 0.1) is 16.7 Å². The van der Waals surface area contributed by atoms with E-state index in [9.17, 15) is 44.4 Å². The third-order valence-electron chi connectivity index (χ3n) is 12.6. The van der Waals surface area contributed by atoms with E-state index in [0.29, 0.717) is 5.56 Å². The molecule has 1 saturated heterocycles. The molecule has 3 aliphatic carbocycles. The number of nitrogens with one attached hydrogen (secondary N) is 1. The third kappa shape index (κ3) is 7.10. The Hall–Kier alpha value is -4.67. The van der Waals surface area contributed by atoms with E-state index in [1.165, 1.54) is 39.8 Å². The first-order chi connectivity index (χ1) is 27.0. The van der Waals surface area contributed by atoms with E-state index in [-0.39, 0.29) is 29.7 Å². The van der Waals surface area contributed by atoms with Crippen LogP contribution in [0.3, 0.4) is 0 Å². The fraction of sp³-hybridized carbons (Fsp3) is 0.558. The Morgan fingerprint density at radius 2 is 1.55 bits per heavy atom. The summed E-state index contributed by atoms with van der Waals surface area (Å²) >= 11 is 0. The number of amides is 1. The van der Waals surface area contributed by atoms with Gasteiger partial charge in [0.05, 0.1) is 30.2 Å². The van der Waals surface area contributed by atoms with Gasteiger partial charge in [0, 0.05) is 36.2 Å². The number of aliphatic hydroxyl groups excluding tert-OH is 3. The van der Waals surface area contributed by atoms with Gasteiger partial charge in [-0.1, -0.05) is 69.3 Å². The summed E-state index contributed by atoms with van der Waals surface area (Å²) in [6.45, 7) is 11.8. The van der Waals surface area contributed by atoms with Crippen molar-refractivity contribution in [2.24, 2.45) is 16.7 Å². The molecule has 1 amide bonds. The van der Waals surface area contributed by atoms with Crippen LogP contribution in [0.25, 0.3) is 0 Å². The number of rotatable bonds is 8. The van der Waals surface area contributed by atoms with Crippen LogP contribution < -0.4 is 5.32 Å². The van der Waals surface area contributed by atoms with Gasteiger partial charge in [-0.05, 0) is 51.0 Å². The standard InChI is InChI=1S/C43H53NO14/c1-22-26(55-37(51)32(48)30(24-15-11-9-12-16-24)44-38(52)58-39(3,4)5)20-43(53)35(56-36(50)25-17-13-10-14-18-25)33-41(8,34(49)31(47)29(22)40(43,6)7)27(46)19-28-42(33,21-54-28)57-23(2)45/h9-18,26-28,30,32-35,46,48-49,53H,19-21H2,1-8H3,(H,44,52)/t26-,27-,28?,30-,32+,33-,34?,35-,41+,42-,43+/m0/s1. The predicted octanol–water partition coefficient (Wildman–Crippen LogP) is 3.26. The monoisotopic (exact) mass is 807 g/mol. The molecule has 4 aliphatic rings. The number of benzene rings is 2. The highest BCUT2D eigenvalue weighted by Gasteiger charge is 2.78. The van der Waals surface area contributed by atoms with Crippen LogP contribution in [0.5, 0.6) is 0 Å². The van der Waals surface area contributed by atoms with Gasteiger partial charge in [0.25, 0.3) is 0 Å². The van der Waals surface area contributed by atoms with Crippen LogP contribution in [0.2, 0.25) is 0 Å². The van der Waals surface area contributed by atoms with Crippen molar-refractivity contribution < 1.29 is 68.1 Å². The van der Waals surface area contributed by atoms with Gasteiger partial charge in [-0.15, -0.1) is 0 Å². The number of esters is 3. The maximum Gasteiger partial charge on any atom is 0.408 e. The zero-order chi connectivity index (χ0) is 42.7. The van der Waals surface area contributed by atoms with Crippen LogP contribution >= 0.6 is 0 Å².